The van der Waals surface area contributed by atoms with Gasteiger partial charge in [-0.05, 0) is 19.8 Å². The lowest BCUT2D eigenvalue weighted by molar-refractivity contribution is -0.142. The fourth-order valence-electron chi connectivity index (χ4n) is 1.29. The molecule has 1 aliphatic carbocycles. The molecule has 100 valence electrons. The Balaban J connectivity index is 2.09. The monoisotopic (exact) mass is 264 g/mol. The zero-order valence-electron chi connectivity index (χ0n) is 10.1. The summed E-state index contributed by atoms with van der Waals surface area (Å²) in [5.41, 5.74) is 0. The van der Waals surface area contributed by atoms with Crippen LogP contribution in [0.4, 0.5) is 0 Å². The molecule has 0 aromatic carbocycles. The molecular weight excluding hydrogens is 244 g/mol. The van der Waals surface area contributed by atoms with E-state index in [0.717, 1.165) is 0 Å². The minimum Gasteiger partial charge on any atom is -0.466 e. The minimum atomic E-state index is -3.36. The summed E-state index contributed by atoms with van der Waals surface area (Å²) in [6.07, 6.45) is 2.25. The maximum absolute atomic E-state index is 11.5. The number of carbonyl (C=O) groups is 1. The summed E-state index contributed by atoms with van der Waals surface area (Å²) in [5.74, 6) is -0.691. The number of hydrogen-bond acceptors (Lipinski definition) is 5. The van der Waals surface area contributed by atoms with Crippen molar-refractivity contribution < 1.29 is 17.9 Å². The maximum atomic E-state index is 11.5. The Morgan fingerprint density at radius 2 is 2.06 bits per heavy atom. The predicted molar refractivity (Wildman–Crippen MR) is 64.1 cm³/mol. The van der Waals surface area contributed by atoms with Crippen LogP contribution < -0.4 is 10.0 Å². The molecule has 0 radical (unpaired) electrons. The molecule has 2 N–H and O–H groups in total. The van der Waals surface area contributed by atoms with E-state index in [1.807, 2.05) is 0 Å². The van der Waals surface area contributed by atoms with Gasteiger partial charge in [0.2, 0.25) is 10.0 Å². The Kier molecular flexibility index (Phi) is 5.87. The van der Waals surface area contributed by atoms with Gasteiger partial charge in [0.05, 0.1) is 18.8 Å². The standard InChI is InChI=1S/C10H20N2O4S/c1-2-16-10(13)5-8-17(14,15)12-7-6-11-9-3-4-9/h9,11-12H,2-8H2,1H3. The number of ether oxygens (including phenoxy) is 1. The van der Waals surface area contributed by atoms with Crippen LogP contribution in [0.25, 0.3) is 0 Å². The van der Waals surface area contributed by atoms with Crippen LogP contribution in [-0.4, -0.2) is 45.9 Å². The molecular formula is C10H20N2O4S. The second-order valence-corrected chi connectivity index (χ2v) is 5.92. The fraction of sp³-hybridized carbons (Fsp3) is 0.900. The number of sulfonamides is 1. The van der Waals surface area contributed by atoms with E-state index in [2.05, 4.69) is 14.8 Å². The highest BCUT2D eigenvalue weighted by Gasteiger charge is 2.20. The smallest absolute Gasteiger partial charge is 0.306 e. The van der Waals surface area contributed by atoms with Crippen molar-refractivity contribution >= 4 is 16.0 Å². The summed E-state index contributed by atoms with van der Waals surface area (Å²) >= 11 is 0. The van der Waals surface area contributed by atoms with E-state index in [9.17, 15) is 13.2 Å². The topological polar surface area (TPSA) is 84.5 Å². The van der Waals surface area contributed by atoms with E-state index in [1.165, 1.54) is 12.8 Å². The number of carbonyl (C=O) groups excluding carboxylic acids is 1. The second-order valence-electron chi connectivity index (χ2n) is 4.00. The number of nitrogens with one attached hydrogen (secondary N) is 2. The van der Waals surface area contributed by atoms with Crippen LogP contribution in [0.2, 0.25) is 0 Å². The summed E-state index contributed by atoms with van der Waals surface area (Å²) in [6.45, 7) is 2.96. The summed E-state index contributed by atoms with van der Waals surface area (Å²) in [6, 6.07) is 0.569. The molecule has 0 atom stereocenters. The van der Waals surface area contributed by atoms with Gasteiger partial charge in [-0.25, -0.2) is 13.1 Å². The third-order valence-corrected chi connectivity index (χ3v) is 3.72. The van der Waals surface area contributed by atoms with Crippen LogP contribution in [0, 0.1) is 0 Å². The normalized spacial score (nSPS) is 15.8. The molecule has 0 bridgehead atoms. The molecule has 7 heteroatoms. The van der Waals surface area contributed by atoms with Gasteiger partial charge in [-0.3, -0.25) is 4.79 Å². The molecule has 1 aliphatic rings. The van der Waals surface area contributed by atoms with Gasteiger partial charge in [-0.15, -0.1) is 0 Å². The maximum Gasteiger partial charge on any atom is 0.306 e. The highest BCUT2D eigenvalue weighted by atomic mass is 32.2. The van der Waals surface area contributed by atoms with E-state index >= 15 is 0 Å². The van der Waals surface area contributed by atoms with Crippen molar-refractivity contribution in [2.24, 2.45) is 0 Å². The molecule has 1 fully saturated rings. The van der Waals surface area contributed by atoms with Crippen LogP contribution in [-0.2, 0) is 19.6 Å². The van der Waals surface area contributed by atoms with E-state index in [1.54, 1.807) is 6.92 Å². The summed E-state index contributed by atoms with van der Waals surface area (Å²) in [5, 5.41) is 3.20. The van der Waals surface area contributed by atoms with Crippen LogP contribution in [0.1, 0.15) is 26.2 Å². The van der Waals surface area contributed by atoms with Crippen molar-refractivity contribution in [3.8, 4) is 0 Å². The third kappa shape index (κ3) is 7.30. The van der Waals surface area contributed by atoms with Gasteiger partial charge < -0.3 is 10.1 Å². The minimum absolute atomic E-state index is 0.0980. The molecule has 0 aromatic rings. The van der Waals surface area contributed by atoms with Crippen molar-refractivity contribution in [1.82, 2.24) is 10.0 Å². The first-order chi connectivity index (χ1) is 8.03. The average Bonchev–Trinajstić information content (AvgIpc) is 3.06. The Bertz CT molecular complexity index is 338. The van der Waals surface area contributed by atoms with Crippen LogP contribution in [0.5, 0.6) is 0 Å². The Labute approximate surface area is 102 Å². The van der Waals surface area contributed by atoms with E-state index in [-0.39, 0.29) is 18.8 Å². The van der Waals surface area contributed by atoms with Crippen molar-refractivity contribution in [3.05, 3.63) is 0 Å². The predicted octanol–water partition coefficient (Wildman–Crippen LogP) is -0.389. The van der Waals surface area contributed by atoms with Crippen molar-refractivity contribution in [2.45, 2.75) is 32.2 Å². The first kappa shape index (κ1) is 14.4. The largest absolute Gasteiger partial charge is 0.466 e. The molecule has 0 amide bonds. The molecule has 0 spiro atoms. The quantitative estimate of drug-likeness (QED) is 0.438. The number of rotatable bonds is 9. The van der Waals surface area contributed by atoms with Crippen molar-refractivity contribution in [1.29, 1.82) is 0 Å². The lowest BCUT2D eigenvalue weighted by atomic mass is 10.5. The molecule has 0 saturated heterocycles. The Morgan fingerprint density at radius 1 is 1.35 bits per heavy atom. The van der Waals surface area contributed by atoms with Gasteiger partial charge in [0.1, 0.15) is 0 Å². The van der Waals surface area contributed by atoms with E-state index in [4.69, 9.17) is 0 Å². The lowest BCUT2D eigenvalue weighted by Crippen LogP contribution is -2.34. The van der Waals surface area contributed by atoms with Crippen LogP contribution in [0.3, 0.4) is 0 Å². The van der Waals surface area contributed by atoms with E-state index in [0.29, 0.717) is 19.1 Å². The molecule has 6 nitrogen and oxygen atoms in total. The van der Waals surface area contributed by atoms with Crippen molar-refractivity contribution in [3.63, 3.8) is 0 Å². The van der Waals surface area contributed by atoms with E-state index < -0.39 is 16.0 Å². The molecule has 0 aromatic heterocycles. The first-order valence-electron chi connectivity index (χ1n) is 5.90. The molecule has 1 rings (SSSR count). The molecule has 0 heterocycles. The highest BCUT2D eigenvalue weighted by molar-refractivity contribution is 7.89. The van der Waals surface area contributed by atoms with Gasteiger partial charge in [0, 0.05) is 19.1 Å². The highest BCUT2D eigenvalue weighted by Crippen LogP contribution is 2.17. The SMILES string of the molecule is CCOC(=O)CCS(=O)(=O)NCCNC1CC1. The van der Waals surface area contributed by atoms with Gasteiger partial charge in [-0.2, -0.15) is 0 Å². The lowest BCUT2D eigenvalue weighted by Gasteiger charge is -2.07. The zero-order chi connectivity index (χ0) is 12.7. The second kappa shape index (κ2) is 6.93. The summed E-state index contributed by atoms with van der Waals surface area (Å²) in [7, 11) is -3.36. The van der Waals surface area contributed by atoms with Gasteiger partial charge >= 0.3 is 5.97 Å². The Morgan fingerprint density at radius 3 is 2.65 bits per heavy atom. The van der Waals surface area contributed by atoms with Crippen molar-refractivity contribution in [2.75, 3.05) is 25.4 Å². The van der Waals surface area contributed by atoms with Gasteiger partial charge in [0.25, 0.3) is 0 Å². The molecule has 0 aliphatic heterocycles. The fourth-order valence-corrected chi connectivity index (χ4v) is 2.29. The first-order valence-corrected chi connectivity index (χ1v) is 7.55. The average molecular weight is 264 g/mol. The van der Waals surface area contributed by atoms with Crippen LogP contribution in [0.15, 0.2) is 0 Å². The number of hydrogen-bond donors (Lipinski definition) is 2. The number of esters is 1. The summed E-state index contributed by atoms with van der Waals surface area (Å²) < 4.78 is 30.0. The van der Waals surface area contributed by atoms with Gasteiger partial charge in [0.15, 0.2) is 0 Å². The molecule has 17 heavy (non-hydrogen) atoms. The van der Waals surface area contributed by atoms with Gasteiger partial charge in [-0.1, -0.05) is 0 Å². The van der Waals surface area contributed by atoms with Crippen LogP contribution >= 0.6 is 0 Å². The molecule has 1 saturated carbocycles. The summed E-state index contributed by atoms with van der Waals surface area (Å²) in [4.78, 5) is 11.0. The Hall–Kier alpha value is -0.660. The zero-order valence-corrected chi connectivity index (χ0v) is 10.9. The third-order valence-electron chi connectivity index (χ3n) is 2.34. The molecule has 0 unspecified atom stereocenters.